The number of halogens is 2. The third kappa shape index (κ3) is 2.56. The lowest BCUT2D eigenvalue weighted by Crippen LogP contribution is -2.22. The van der Waals surface area contributed by atoms with Crippen LogP contribution in [0, 0.1) is 0 Å². The molecule has 17 heavy (non-hydrogen) atoms. The standard InChI is InChI=1S/C12H11Cl2N3/c1-12(2,8-6-4-3-5-7-8)9-15-10(13)17-11(14)16-9/h3-7H,1-2H3. The Kier molecular flexibility index (Phi) is 3.31. The molecule has 1 aromatic heterocycles. The van der Waals surface area contributed by atoms with Crippen molar-refractivity contribution in [3.05, 3.63) is 52.3 Å². The number of hydrogen-bond acceptors (Lipinski definition) is 3. The number of rotatable bonds is 2. The van der Waals surface area contributed by atoms with Crippen molar-refractivity contribution in [2.45, 2.75) is 19.3 Å². The highest BCUT2D eigenvalue weighted by Gasteiger charge is 2.27. The van der Waals surface area contributed by atoms with Crippen molar-refractivity contribution in [1.82, 2.24) is 15.0 Å². The Balaban J connectivity index is 2.51. The molecule has 0 aliphatic rings. The maximum absolute atomic E-state index is 5.80. The van der Waals surface area contributed by atoms with E-state index in [4.69, 9.17) is 23.2 Å². The van der Waals surface area contributed by atoms with E-state index in [1.165, 1.54) is 0 Å². The first kappa shape index (κ1) is 12.3. The van der Waals surface area contributed by atoms with Crippen LogP contribution in [0.4, 0.5) is 0 Å². The number of nitrogens with zero attached hydrogens (tertiary/aromatic N) is 3. The fourth-order valence-electron chi connectivity index (χ4n) is 1.59. The van der Waals surface area contributed by atoms with E-state index in [2.05, 4.69) is 15.0 Å². The fraction of sp³-hybridized carbons (Fsp3) is 0.250. The highest BCUT2D eigenvalue weighted by atomic mass is 35.5. The van der Waals surface area contributed by atoms with Crippen molar-refractivity contribution in [1.29, 1.82) is 0 Å². The number of aromatic nitrogens is 3. The Labute approximate surface area is 110 Å². The van der Waals surface area contributed by atoms with Crippen molar-refractivity contribution in [3.8, 4) is 0 Å². The second-order valence-corrected chi connectivity index (χ2v) is 4.86. The lowest BCUT2D eigenvalue weighted by molar-refractivity contribution is 0.585. The van der Waals surface area contributed by atoms with E-state index in [1.54, 1.807) is 0 Å². The van der Waals surface area contributed by atoms with Gasteiger partial charge in [-0.3, -0.25) is 0 Å². The Hall–Kier alpha value is -1.19. The van der Waals surface area contributed by atoms with Crippen LogP contribution in [0.2, 0.25) is 10.6 Å². The zero-order chi connectivity index (χ0) is 12.5. The van der Waals surface area contributed by atoms with E-state index in [1.807, 2.05) is 44.2 Å². The number of hydrogen-bond donors (Lipinski definition) is 0. The average molecular weight is 268 g/mol. The van der Waals surface area contributed by atoms with Gasteiger partial charge in [-0.2, -0.15) is 4.98 Å². The van der Waals surface area contributed by atoms with Gasteiger partial charge in [0.25, 0.3) is 0 Å². The SMILES string of the molecule is CC(C)(c1ccccc1)c1nc(Cl)nc(Cl)n1. The Morgan fingerprint density at radius 3 is 1.94 bits per heavy atom. The largest absolute Gasteiger partial charge is 0.226 e. The van der Waals surface area contributed by atoms with Gasteiger partial charge >= 0.3 is 0 Å². The summed E-state index contributed by atoms with van der Waals surface area (Å²) in [5, 5.41) is 0.230. The Bertz CT molecular complexity index is 506. The zero-order valence-electron chi connectivity index (χ0n) is 9.48. The van der Waals surface area contributed by atoms with Gasteiger partial charge in [-0.05, 0) is 42.6 Å². The second-order valence-electron chi connectivity index (χ2n) is 4.19. The van der Waals surface area contributed by atoms with Crippen molar-refractivity contribution in [3.63, 3.8) is 0 Å². The highest BCUT2D eigenvalue weighted by Crippen LogP contribution is 2.29. The lowest BCUT2D eigenvalue weighted by Gasteiger charge is -2.23. The first-order valence-corrected chi connectivity index (χ1v) is 5.89. The summed E-state index contributed by atoms with van der Waals surface area (Å²) in [5.41, 5.74) is 0.732. The lowest BCUT2D eigenvalue weighted by atomic mass is 9.84. The summed E-state index contributed by atoms with van der Waals surface area (Å²) in [5.74, 6) is 0.564. The molecule has 0 spiro atoms. The molecule has 2 rings (SSSR count). The van der Waals surface area contributed by atoms with Gasteiger partial charge in [-0.25, -0.2) is 9.97 Å². The average Bonchev–Trinajstić information content (AvgIpc) is 2.29. The Morgan fingerprint density at radius 2 is 1.41 bits per heavy atom. The second kappa shape index (κ2) is 4.59. The first-order chi connectivity index (χ1) is 8.00. The predicted molar refractivity (Wildman–Crippen MR) is 68.4 cm³/mol. The molecule has 0 aliphatic carbocycles. The van der Waals surface area contributed by atoms with Gasteiger partial charge in [0.15, 0.2) is 0 Å². The highest BCUT2D eigenvalue weighted by molar-refractivity contribution is 6.31. The molecule has 2 aromatic rings. The quantitative estimate of drug-likeness (QED) is 0.836. The zero-order valence-corrected chi connectivity index (χ0v) is 11.0. The van der Waals surface area contributed by atoms with Gasteiger partial charge in [0.2, 0.25) is 10.6 Å². The van der Waals surface area contributed by atoms with Gasteiger partial charge < -0.3 is 0 Å². The molecule has 0 saturated carbocycles. The van der Waals surface area contributed by atoms with Crippen LogP contribution < -0.4 is 0 Å². The molecule has 0 atom stereocenters. The smallest absolute Gasteiger partial charge is 0.202 e. The van der Waals surface area contributed by atoms with Crippen molar-refractivity contribution in [2.75, 3.05) is 0 Å². The minimum Gasteiger partial charge on any atom is -0.202 e. The topological polar surface area (TPSA) is 38.7 Å². The van der Waals surface area contributed by atoms with Crippen LogP contribution in [0.15, 0.2) is 30.3 Å². The van der Waals surface area contributed by atoms with Crippen LogP contribution in [0.25, 0.3) is 0 Å². The number of benzene rings is 1. The molecule has 5 heteroatoms. The van der Waals surface area contributed by atoms with Gasteiger partial charge in [0.1, 0.15) is 5.82 Å². The van der Waals surface area contributed by atoms with E-state index < -0.39 is 0 Å². The molecule has 0 radical (unpaired) electrons. The van der Waals surface area contributed by atoms with Gasteiger partial charge in [0, 0.05) is 5.41 Å². The molecule has 0 aliphatic heterocycles. The van der Waals surface area contributed by atoms with E-state index in [-0.39, 0.29) is 16.0 Å². The van der Waals surface area contributed by atoms with Crippen LogP contribution in [-0.4, -0.2) is 15.0 Å². The maximum atomic E-state index is 5.80. The van der Waals surface area contributed by atoms with E-state index >= 15 is 0 Å². The molecule has 0 unspecified atom stereocenters. The molecule has 0 fully saturated rings. The summed E-state index contributed by atoms with van der Waals surface area (Å²) in [7, 11) is 0. The molecular formula is C12H11Cl2N3. The van der Waals surface area contributed by atoms with E-state index in [0.29, 0.717) is 5.82 Å². The summed E-state index contributed by atoms with van der Waals surface area (Å²) < 4.78 is 0. The van der Waals surface area contributed by atoms with Crippen molar-refractivity contribution >= 4 is 23.2 Å². The van der Waals surface area contributed by atoms with Crippen molar-refractivity contribution < 1.29 is 0 Å². The summed E-state index contributed by atoms with van der Waals surface area (Å²) in [6.07, 6.45) is 0. The minimum atomic E-state index is -0.364. The molecule has 88 valence electrons. The predicted octanol–water partition coefficient (Wildman–Crippen LogP) is 3.50. The van der Waals surface area contributed by atoms with Gasteiger partial charge in [-0.1, -0.05) is 30.3 Å². The summed E-state index contributed by atoms with van der Waals surface area (Å²) in [6, 6.07) is 9.95. The van der Waals surface area contributed by atoms with Crippen LogP contribution in [-0.2, 0) is 5.41 Å². The summed E-state index contributed by atoms with van der Waals surface area (Å²) in [6.45, 7) is 4.04. The van der Waals surface area contributed by atoms with Crippen LogP contribution in [0.3, 0.4) is 0 Å². The molecule has 0 N–H and O–H groups in total. The van der Waals surface area contributed by atoms with E-state index in [0.717, 1.165) is 5.56 Å². The molecule has 3 nitrogen and oxygen atoms in total. The van der Waals surface area contributed by atoms with Crippen molar-refractivity contribution in [2.24, 2.45) is 0 Å². The molecule has 1 heterocycles. The monoisotopic (exact) mass is 267 g/mol. The molecule has 1 aromatic carbocycles. The van der Waals surface area contributed by atoms with Crippen LogP contribution >= 0.6 is 23.2 Å². The Morgan fingerprint density at radius 1 is 0.882 bits per heavy atom. The van der Waals surface area contributed by atoms with E-state index in [9.17, 15) is 0 Å². The summed E-state index contributed by atoms with van der Waals surface area (Å²) in [4.78, 5) is 12.0. The third-order valence-electron chi connectivity index (χ3n) is 2.64. The minimum absolute atomic E-state index is 0.115. The van der Waals surface area contributed by atoms with Crippen LogP contribution in [0.1, 0.15) is 25.2 Å². The fourth-order valence-corrected chi connectivity index (χ4v) is 1.95. The maximum Gasteiger partial charge on any atom is 0.226 e. The molecule has 0 amide bonds. The first-order valence-electron chi connectivity index (χ1n) is 5.13. The normalized spacial score (nSPS) is 11.5. The van der Waals surface area contributed by atoms with Gasteiger partial charge in [0.05, 0.1) is 0 Å². The summed E-state index contributed by atoms with van der Waals surface area (Å²) >= 11 is 11.6. The van der Waals surface area contributed by atoms with Gasteiger partial charge in [-0.15, -0.1) is 0 Å². The molecule has 0 bridgehead atoms. The third-order valence-corrected chi connectivity index (χ3v) is 2.97. The molecular weight excluding hydrogens is 257 g/mol. The molecule has 0 saturated heterocycles. The van der Waals surface area contributed by atoms with Crippen LogP contribution in [0.5, 0.6) is 0 Å².